The molecule has 88 valence electrons. The van der Waals surface area contributed by atoms with Gasteiger partial charge in [0, 0.05) is 30.1 Å². The summed E-state index contributed by atoms with van der Waals surface area (Å²) in [5.41, 5.74) is 0. The number of hydrogen-bond donors (Lipinski definition) is 1. The van der Waals surface area contributed by atoms with Crippen molar-refractivity contribution in [3.63, 3.8) is 0 Å². The van der Waals surface area contributed by atoms with E-state index in [9.17, 15) is 0 Å². The normalized spacial score (nSPS) is 36.2. The van der Waals surface area contributed by atoms with E-state index >= 15 is 0 Å². The van der Waals surface area contributed by atoms with Gasteiger partial charge in [-0.15, -0.1) is 0 Å². The van der Waals surface area contributed by atoms with Gasteiger partial charge in [-0.1, -0.05) is 20.8 Å². The second-order valence-corrected chi connectivity index (χ2v) is 7.25. The van der Waals surface area contributed by atoms with Crippen LogP contribution in [0.5, 0.6) is 0 Å². The monoisotopic (exact) mass is 228 g/mol. The average Bonchev–Trinajstić information content (AvgIpc) is 1.96. The molecule has 0 aromatic rings. The fourth-order valence-electron chi connectivity index (χ4n) is 2.70. The summed E-state index contributed by atoms with van der Waals surface area (Å²) < 4.78 is 0. The molecule has 2 saturated heterocycles. The predicted octanol–water partition coefficient (Wildman–Crippen LogP) is 1.67. The van der Waals surface area contributed by atoms with Crippen LogP contribution in [0.2, 0.25) is 0 Å². The number of nitrogens with zero attached hydrogens (tertiary/aromatic N) is 1. The van der Waals surface area contributed by atoms with Crippen molar-refractivity contribution in [1.29, 1.82) is 0 Å². The lowest BCUT2D eigenvalue weighted by molar-refractivity contribution is 0.165. The molecular weight excluding hydrogens is 204 g/mol. The van der Waals surface area contributed by atoms with Crippen molar-refractivity contribution in [3.8, 4) is 0 Å². The van der Waals surface area contributed by atoms with Crippen LogP contribution in [-0.2, 0) is 0 Å². The maximum Gasteiger partial charge on any atom is 0.0149 e. The van der Waals surface area contributed by atoms with Crippen molar-refractivity contribution in [2.45, 2.75) is 31.3 Å². The minimum atomic E-state index is 0.820. The fraction of sp³-hybridized carbons (Fsp3) is 1.00. The summed E-state index contributed by atoms with van der Waals surface area (Å²) in [5, 5.41) is 5.01. The van der Waals surface area contributed by atoms with E-state index in [2.05, 4.69) is 42.7 Å². The highest BCUT2D eigenvalue weighted by Gasteiger charge is 2.28. The van der Waals surface area contributed by atoms with Crippen molar-refractivity contribution in [2.24, 2.45) is 11.8 Å². The summed E-state index contributed by atoms with van der Waals surface area (Å²) in [7, 11) is 0. The summed E-state index contributed by atoms with van der Waals surface area (Å²) in [6, 6.07) is 0. The van der Waals surface area contributed by atoms with Crippen LogP contribution in [0.25, 0.3) is 0 Å². The molecule has 3 atom stereocenters. The van der Waals surface area contributed by atoms with Gasteiger partial charge >= 0.3 is 0 Å². The number of hydrogen-bond acceptors (Lipinski definition) is 3. The number of nitrogens with one attached hydrogen (secondary N) is 1. The van der Waals surface area contributed by atoms with Crippen molar-refractivity contribution in [3.05, 3.63) is 0 Å². The van der Waals surface area contributed by atoms with E-state index in [4.69, 9.17) is 0 Å². The molecular formula is C12H24N2S. The second kappa shape index (κ2) is 5.07. The highest BCUT2D eigenvalue weighted by Crippen LogP contribution is 2.26. The Balaban J connectivity index is 1.77. The zero-order chi connectivity index (χ0) is 10.8. The Morgan fingerprint density at radius 2 is 1.87 bits per heavy atom. The number of rotatable bonds is 3. The molecule has 2 rings (SSSR count). The standard InChI is InChI=1S/C12H24N2S/c1-9(12-4-13-5-12)6-14-7-10(2)15-11(3)8-14/h9-13H,4-8H2,1-3H3. The van der Waals surface area contributed by atoms with E-state index in [1.807, 2.05) is 0 Å². The van der Waals surface area contributed by atoms with Crippen molar-refractivity contribution < 1.29 is 0 Å². The second-order valence-electron chi connectivity index (χ2n) is 5.37. The predicted molar refractivity (Wildman–Crippen MR) is 68.5 cm³/mol. The van der Waals surface area contributed by atoms with E-state index in [1.165, 1.54) is 32.7 Å². The van der Waals surface area contributed by atoms with Crippen LogP contribution in [-0.4, -0.2) is 48.1 Å². The first-order valence-corrected chi connectivity index (χ1v) is 7.18. The minimum Gasteiger partial charge on any atom is -0.316 e. The molecule has 1 N–H and O–H groups in total. The quantitative estimate of drug-likeness (QED) is 0.791. The third-order valence-corrected chi connectivity index (χ3v) is 4.89. The third-order valence-electron chi connectivity index (χ3n) is 3.66. The Morgan fingerprint density at radius 3 is 2.33 bits per heavy atom. The van der Waals surface area contributed by atoms with Gasteiger partial charge in [0.25, 0.3) is 0 Å². The molecule has 2 heterocycles. The van der Waals surface area contributed by atoms with Gasteiger partial charge in [0.05, 0.1) is 0 Å². The van der Waals surface area contributed by atoms with E-state index in [-0.39, 0.29) is 0 Å². The highest BCUT2D eigenvalue weighted by molar-refractivity contribution is 8.00. The Kier molecular flexibility index (Phi) is 3.97. The largest absolute Gasteiger partial charge is 0.316 e. The molecule has 0 aromatic heterocycles. The van der Waals surface area contributed by atoms with Crippen LogP contribution in [0, 0.1) is 11.8 Å². The number of thioether (sulfide) groups is 1. The molecule has 0 amide bonds. The van der Waals surface area contributed by atoms with E-state index < -0.39 is 0 Å². The van der Waals surface area contributed by atoms with Gasteiger partial charge in [-0.05, 0) is 24.9 Å². The van der Waals surface area contributed by atoms with Crippen molar-refractivity contribution in [1.82, 2.24) is 10.2 Å². The lowest BCUT2D eigenvalue weighted by Gasteiger charge is -2.40. The molecule has 15 heavy (non-hydrogen) atoms. The highest BCUT2D eigenvalue weighted by atomic mass is 32.2. The van der Waals surface area contributed by atoms with E-state index in [0.717, 1.165) is 22.3 Å². The van der Waals surface area contributed by atoms with Gasteiger partial charge in [0.2, 0.25) is 0 Å². The van der Waals surface area contributed by atoms with Crippen LogP contribution >= 0.6 is 11.8 Å². The van der Waals surface area contributed by atoms with Crippen LogP contribution in [0.15, 0.2) is 0 Å². The van der Waals surface area contributed by atoms with Gasteiger partial charge in [-0.25, -0.2) is 0 Å². The summed E-state index contributed by atoms with van der Waals surface area (Å²) in [6.07, 6.45) is 0. The van der Waals surface area contributed by atoms with Gasteiger partial charge in [-0.2, -0.15) is 11.8 Å². The van der Waals surface area contributed by atoms with Crippen molar-refractivity contribution in [2.75, 3.05) is 32.7 Å². The van der Waals surface area contributed by atoms with Crippen LogP contribution in [0.3, 0.4) is 0 Å². The molecule has 2 nitrogen and oxygen atoms in total. The molecule has 0 aliphatic carbocycles. The average molecular weight is 228 g/mol. The maximum atomic E-state index is 3.37. The topological polar surface area (TPSA) is 15.3 Å². The van der Waals surface area contributed by atoms with Gasteiger partial charge in [-0.3, -0.25) is 0 Å². The first-order valence-electron chi connectivity index (χ1n) is 6.23. The molecule has 0 aromatic carbocycles. The molecule has 0 spiro atoms. The van der Waals surface area contributed by atoms with Crippen molar-refractivity contribution >= 4 is 11.8 Å². The molecule has 0 bridgehead atoms. The summed E-state index contributed by atoms with van der Waals surface area (Å²) in [6.45, 7) is 13.5. The molecule has 3 unspecified atom stereocenters. The van der Waals surface area contributed by atoms with Gasteiger partial charge in [0.1, 0.15) is 0 Å². The minimum absolute atomic E-state index is 0.820. The molecule has 3 heteroatoms. The lowest BCUT2D eigenvalue weighted by Crippen LogP contribution is -2.50. The molecule has 0 saturated carbocycles. The fourth-order valence-corrected chi connectivity index (χ4v) is 4.09. The SMILES string of the molecule is CC1CN(CC(C)C2CNC2)CC(C)S1. The first kappa shape index (κ1) is 11.7. The van der Waals surface area contributed by atoms with Crippen LogP contribution < -0.4 is 5.32 Å². The van der Waals surface area contributed by atoms with E-state index in [1.54, 1.807) is 0 Å². The summed E-state index contributed by atoms with van der Waals surface area (Å²) in [5.74, 6) is 1.80. The molecule has 2 fully saturated rings. The maximum absolute atomic E-state index is 3.37. The Labute approximate surface area is 98.2 Å². The lowest BCUT2D eigenvalue weighted by atomic mass is 9.88. The van der Waals surface area contributed by atoms with Crippen LogP contribution in [0.1, 0.15) is 20.8 Å². The van der Waals surface area contributed by atoms with E-state index in [0.29, 0.717) is 0 Å². The Morgan fingerprint density at radius 1 is 1.27 bits per heavy atom. The zero-order valence-electron chi connectivity index (χ0n) is 10.2. The molecule has 0 radical (unpaired) electrons. The zero-order valence-corrected chi connectivity index (χ0v) is 11.0. The first-order chi connectivity index (χ1) is 7.15. The Bertz CT molecular complexity index is 196. The molecule has 2 aliphatic rings. The summed E-state index contributed by atoms with van der Waals surface area (Å²) >= 11 is 2.15. The molecule has 2 aliphatic heterocycles. The van der Waals surface area contributed by atoms with Crippen LogP contribution in [0.4, 0.5) is 0 Å². The summed E-state index contributed by atoms with van der Waals surface area (Å²) in [4.78, 5) is 2.68. The third kappa shape index (κ3) is 3.11. The smallest absolute Gasteiger partial charge is 0.0149 e. The van der Waals surface area contributed by atoms with Gasteiger partial charge in [0.15, 0.2) is 0 Å². The Hall–Kier alpha value is 0.270. The van der Waals surface area contributed by atoms with Gasteiger partial charge < -0.3 is 10.2 Å².